The van der Waals surface area contributed by atoms with Gasteiger partial charge in [0, 0.05) is 43.8 Å². The van der Waals surface area contributed by atoms with E-state index in [0.29, 0.717) is 10.9 Å². The van der Waals surface area contributed by atoms with Gasteiger partial charge in [-0.1, -0.05) is 0 Å². The molecule has 12 heteroatoms. The molecule has 1 fully saturated rings. The first kappa shape index (κ1) is 24.7. The highest BCUT2D eigenvalue weighted by Gasteiger charge is 2.46. The second kappa shape index (κ2) is 9.54. The third-order valence-corrected chi connectivity index (χ3v) is 6.29. The number of carbonyl (C=O) groups is 2. The van der Waals surface area contributed by atoms with E-state index in [2.05, 4.69) is 10.3 Å². The molecule has 0 radical (unpaired) electrons. The number of amides is 2. The first-order valence-electron chi connectivity index (χ1n) is 10.3. The zero-order chi connectivity index (χ0) is 24.4. The number of alkyl halides is 2. The number of hydrogen-bond acceptors (Lipinski definition) is 6. The van der Waals surface area contributed by atoms with Crippen LogP contribution in [0.4, 0.5) is 18.4 Å². The fourth-order valence-corrected chi connectivity index (χ4v) is 4.41. The summed E-state index contributed by atoms with van der Waals surface area (Å²) in [6.45, 7) is -1.34. The Labute approximate surface area is 190 Å². The van der Waals surface area contributed by atoms with Gasteiger partial charge in [0.05, 0.1) is 29.9 Å². The lowest BCUT2D eigenvalue weighted by Gasteiger charge is -2.24. The van der Waals surface area contributed by atoms with Crippen LogP contribution in [0, 0.1) is 0 Å². The number of fused-ring (bicyclic) bond motifs is 1. The molecular formula is C21H25F3N4O4S. The average Bonchev–Trinajstić information content (AvgIpc) is 3.04. The molecule has 8 nitrogen and oxygen atoms in total. The van der Waals surface area contributed by atoms with Gasteiger partial charge in [-0.2, -0.15) is 8.42 Å². The highest BCUT2D eigenvalue weighted by atomic mass is 32.3. The van der Waals surface area contributed by atoms with E-state index in [9.17, 15) is 30.7 Å². The Morgan fingerprint density at radius 2 is 2.00 bits per heavy atom. The molecule has 1 aliphatic heterocycles. The van der Waals surface area contributed by atoms with E-state index in [0.717, 1.165) is 10.6 Å². The monoisotopic (exact) mass is 486 g/mol. The van der Waals surface area contributed by atoms with E-state index in [4.69, 9.17) is 0 Å². The Balaban J connectivity index is 1.69. The number of benzene rings is 1. The number of halogens is 3. The Morgan fingerprint density at radius 3 is 2.67 bits per heavy atom. The van der Waals surface area contributed by atoms with Gasteiger partial charge >= 0.3 is 10.2 Å². The molecule has 2 heterocycles. The van der Waals surface area contributed by atoms with Gasteiger partial charge < -0.3 is 15.1 Å². The number of hydrogen-bond donors (Lipinski definition) is 1. The van der Waals surface area contributed by atoms with Crippen molar-refractivity contribution in [2.75, 3.05) is 37.8 Å². The van der Waals surface area contributed by atoms with Gasteiger partial charge in [0.2, 0.25) is 5.91 Å². The lowest BCUT2D eigenvalue weighted by Crippen LogP contribution is -2.43. The molecule has 33 heavy (non-hydrogen) atoms. The molecule has 0 spiro atoms. The van der Waals surface area contributed by atoms with Crippen molar-refractivity contribution in [2.24, 2.45) is 0 Å². The van der Waals surface area contributed by atoms with Gasteiger partial charge in [-0.25, -0.2) is 8.78 Å². The standard InChI is InChI=1S/C21H25F3N4O4S/c1-27(2)14-5-6-18-17(10-14)16(7-8-25-18)20(30)26-12-19(29)28-13-21(22,23)11-15(28)4-3-9-33(24,31)32/h5-8,10,15H,3-4,9,11-13H2,1-2H3,(H,26,30). The van der Waals surface area contributed by atoms with E-state index in [1.807, 2.05) is 25.1 Å². The summed E-state index contributed by atoms with van der Waals surface area (Å²) < 4.78 is 61.9. The number of aromatic nitrogens is 1. The number of rotatable bonds is 8. The minimum absolute atomic E-state index is 0.0826. The maximum absolute atomic E-state index is 13.9. The van der Waals surface area contributed by atoms with Gasteiger partial charge in [0.15, 0.2) is 0 Å². The van der Waals surface area contributed by atoms with Crippen molar-refractivity contribution in [3.63, 3.8) is 0 Å². The third kappa shape index (κ3) is 6.34. The minimum atomic E-state index is -4.72. The van der Waals surface area contributed by atoms with Crippen molar-refractivity contribution >= 4 is 38.6 Å². The van der Waals surface area contributed by atoms with Crippen LogP contribution in [0.2, 0.25) is 0 Å². The summed E-state index contributed by atoms with van der Waals surface area (Å²) in [6.07, 6.45) is 0.555. The van der Waals surface area contributed by atoms with E-state index in [-0.39, 0.29) is 18.4 Å². The molecule has 0 aliphatic carbocycles. The summed E-state index contributed by atoms with van der Waals surface area (Å²) in [5.74, 6) is -5.21. The second-order valence-corrected chi connectivity index (χ2v) is 9.74. The highest BCUT2D eigenvalue weighted by Crippen LogP contribution is 2.34. The number of pyridine rings is 1. The van der Waals surface area contributed by atoms with E-state index in [1.165, 1.54) is 12.3 Å². The predicted octanol–water partition coefficient (Wildman–Crippen LogP) is 2.35. The Hall–Kier alpha value is -2.89. The lowest BCUT2D eigenvalue weighted by atomic mass is 10.1. The van der Waals surface area contributed by atoms with Crippen LogP contribution in [0.3, 0.4) is 0 Å². The van der Waals surface area contributed by atoms with Crippen molar-refractivity contribution in [3.8, 4) is 0 Å². The predicted molar refractivity (Wildman–Crippen MR) is 118 cm³/mol. The summed E-state index contributed by atoms with van der Waals surface area (Å²) in [7, 11) is -1.02. The second-order valence-electron chi connectivity index (χ2n) is 8.26. The Bertz CT molecular complexity index is 1160. The molecule has 1 aliphatic rings. The van der Waals surface area contributed by atoms with Crippen LogP contribution in [0.15, 0.2) is 30.5 Å². The quantitative estimate of drug-likeness (QED) is 0.575. The molecular weight excluding hydrogens is 461 g/mol. The van der Waals surface area contributed by atoms with Crippen LogP contribution in [-0.4, -0.2) is 75.0 Å². The number of anilines is 1. The molecule has 1 unspecified atom stereocenters. The summed E-state index contributed by atoms with van der Waals surface area (Å²) in [5, 5.41) is 3.05. The lowest BCUT2D eigenvalue weighted by molar-refractivity contribution is -0.132. The number of likely N-dealkylation sites (tertiary alicyclic amines) is 1. The molecule has 1 aromatic heterocycles. The van der Waals surface area contributed by atoms with Crippen molar-refractivity contribution < 1.29 is 30.7 Å². The van der Waals surface area contributed by atoms with E-state index < -0.39 is 59.3 Å². The fraction of sp³-hybridized carbons (Fsp3) is 0.476. The summed E-state index contributed by atoms with van der Waals surface area (Å²) in [6, 6.07) is 5.97. The van der Waals surface area contributed by atoms with Crippen molar-refractivity contribution in [3.05, 3.63) is 36.0 Å². The van der Waals surface area contributed by atoms with Gasteiger partial charge in [0.1, 0.15) is 0 Å². The SMILES string of the molecule is CN(C)c1ccc2nccc(C(=O)NCC(=O)N3CC(F)(F)CC3CCCS(=O)(=O)F)c2c1. The molecule has 0 saturated carbocycles. The topological polar surface area (TPSA) is 99.7 Å². The maximum atomic E-state index is 13.9. The summed E-state index contributed by atoms with van der Waals surface area (Å²) >= 11 is 0. The first-order chi connectivity index (χ1) is 15.4. The third-order valence-electron chi connectivity index (χ3n) is 5.51. The molecule has 1 atom stereocenters. The van der Waals surface area contributed by atoms with Crippen LogP contribution in [0.1, 0.15) is 29.6 Å². The van der Waals surface area contributed by atoms with Crippen LogP contribution in [0.25, 0.3) is 10.9 Å². The average molecular weight is 487 g/mol. The van der Waals surface area contributed by atoms with Crippen molar-refractivity contribution in [1.29, 1.82) is 0 Å². The van der Waals surface area contributed by atoms with Crippen molar-refractivity contribution in [2.45, 2.75) is 31.2 Å². The largest absolute Gasteiger partial charge is 0.378 e. The number of carbonyl (C=O) groups excluding carboxylic acids is 2. The van der Waals surface area contributed by atoms with Crippen LogP contribution >= 0.6 is 0 Å². The Morgan fingerprint density at radius 1 is 1.27 bits per heavy atom. The van der Waals surface area contributed by atoms with Gasteiger partial charge in [-0.05, 0) is 37.1 Å². The molecule has 2 amide bonds. The molecule has 1 aromatic carbocycles. The van der Waals surface area contributed by atoms with Gasteiger partial charge in [0.25, 0.3) is 11.8 Å². The molecule has 1 N–H and O–H groups in total. The van der Waals surface area contributed by atoms with Crippen LogP contribution < -0.4 is 10.2 Å². The number of nitrogens with one attached hydrogen (secondary N) is 1. The zero-order valence-corrected chi connectivity index (χ0v) is 19.0. The minimum Gasteiger partial charge on any atom is -0.378 e. The summed E-state index contributed by atoms with van der Waals surface area (Å²) in [4.78, 5) is 32.4. The molecule has 3 rings (SSSR count). The normalized spacial score (nSPS) is 17.8. The zero-order valence-electron chi connectivity index (χ0n) is 18.2. The Kier molecular flexibility index (Phi) is 7.15. The molecule has 1 saturated heterocycles. The smallest absolute Gasteiger partial charge is 0.302 e. The van der Waals surface area contributed by atoms with Gasteiger partial charge in [-0.15, -0.1) is 3.89 Å². The van der Waals surface area contributed by atoms with Crippen LogP contribution in [0.5, 0.6) is 0 Å². The molecule has 2 aromatic rings. The van der Waals surface area contributed by atoms with Gasteiger partial charge in [-0.3, -0.25) is 14.6 Å². The van der Waals surface area contributed by atoms with E-state index >= 15 is 0 Å². The highest BCUT2D eigenvalue weighted by molar-refractivity contribution is 7.86. The molecule has 180 valence electrons. The maximum Gasteiger partial charge on any atom is 0.302 e. The van der Waals surface area contributed by atoms with Crippen molar-refractivity contribution in [1.82, 2.24) is 15.2 Å². The first-order valence-corrected chi connectivity index (χ1v) is 11.9. The molecule has 0 bridgehead atoms. The summed E-state index contributed by atoms with van der Waals surface area (Å²) in [5.41, 5.74) is 1.72. The van der Waals surface area contributed by atoms with Crippen LogP contribution in [-0.2, 0) is 15.0 Å². The number of nitrogens with zero attached hydrogens (tertiary/aromatic N) is 3. The fourth-order valence-electron chi connectivity index (χ4n) is 3.90. The van der Waals surface area contributed by atoms with E-state index in [1.54, 1.807) is 12.1 Å².